The van der Waals surface area contributed by atoms with Gasteiger partial charge in [0.05, 0.1) is 0 Å². The highest BCUT2D eigenvalue weighted by Crippen LogP contribution is 1.92. The number of nitrogens with one attached hydrogen (secondary N) is 1. The molecule has 0 aromatic heterocycles. The van der Waals surface area contributed by atoms with Crippen LogP contribution in [0.15, 0.2) is 0 Å². The fourth-order valence-electron chi connectivity index (χ4n) is 1.32. The van der Waals surface area contributed by atoms with Crippen LogP contribution in [0.5, 0.6) is 0 Å². The molecule has 2 nitrogen and oxygen atoms in total. The molecule has 0 aromatic rings. The van der Waals surface area contributed by atoms with E-state index in [9.17, 15) is 0 Å². The van der Waals surface area contributed by atoms with Gasteiger partial charge in [0.1, 0.15) is 0 Å². The minimum absolute atomic E-state index is 1.17. The Bertz CT molecular complexity index is 94.1. The topological polar surface area (TPSA) is 15.3 Å². The Morgan fingerprint density at radius 1 is 0.923 bits per heavy atom. The Balaban J connectivity index is 3.03. The van der Waals surface area contributed by atoms with Gasteiger partial charge in [-0.1, -0.05) is 20.3 Å². The first kappa shape index (κ1) is 12.9. The van der Waals surface area contributed by atoms with Gasteiger partial charge in [-0.25, -0.2) is 0 Å². The van der Waals surface area contributed by atoms with E-state index in [0.717, 1.165) is 0 Å². The molecule has 13 heavy (non-hydrogen) atoms. The second kappa shape index (κ2) is 10.0. The maximum absolute atomic E-state index is 3.42. The normalized spacial score (nSPS) is 11.1. The van der Waals surface area contributed by atoms with Crippen molar-refractivity contribution >= 4 is 0 Å². The molecule has 0 atom stereocenters. The summed E-state index contributed by atoms with van der Waals surface area (Å²) in [6.07, 6.45) is 5.16. The standard InChI is InChI=1S/C11H26N2/c1-4-6-10-13(3)11-7-9-12-8-5-2/h12H,4-11H2,1-3H3. The zero-order chi connectivity index (χ0) is 9.94. The molecule has 80 valence electrons. The first-order chi connectivity index (χ1) is 6.31. The summed E-state index contributed by atoms with van der Waals surface area (Å²) < 4.78 is 0. The highest BCUT2D eigenvalue weighted by Gasteiger charge is 1.95. The van der Waals surface area contributed by atoms with Gasteiger partial charge in [0, 0.05) is 0 Å². The van der Waals surface area contributed by atoms with E-state index in [4.69, 9.17) is 0 Å². The lowest BCUT2D eigenvalue weighted by molar-refractivity contribution is 0.321. The van der Waals surface area contributed by atoms with E-state index in [1.54, 1.807) is 0 Å². The van der Waals surface area contributed by atoms with Crippen LogP contribution in [0.2, 0.25) is 0 Å². The van der Waals surface area contributed by atoms with Gasteiger partial charge in [0.2, 0.25) is 0 Å². The maximum Gasteiger partial charge on any atom is -0.000969 e. The van der Waals surface area contributed by atoms with Crippen LogP contribution in [0.4, 0.5) is 0 Å². The molecule has 0 fully saturated rings. The van der Waals surface area contributed by atoms with Gasteiger partial charge in [-0.3, -0.25) is 0 Å². The van der Waals surface area contributed by atoms with E-state index in [-0.39, 0.29) is 0 Å². The summed E-state index contributed by atoms with van der Waals surface area (Å²) in [7, 11) is 2.22. The quantitative estimate of drug-likeness (QED) is 0.555. The summed E-state index contributed by atoms with van der Waals surface area (Å²) >= 11 is 0. The van der Waals surface area contributed by atoms with Crippen LogP contribution in [0, 0.1) is 0 Å². The van der Waals surface area contributed by atoms with Crippen LogP contribution in [0.1, 0.15) is 39.5 Å². The van der Waals surface area contributed by atoms with Crippen molar-refractivity contribution < 1.29 is 0 Å². The van der Waals surface area contributed by atoms with Crippen LogP contribution in [-0.4, -0.2) is 38.1 Å². The number of rotatable bonds is 9. The van der Waals surface area contributed by atoms with Gasteiger partial charge < -0.3 is 10.2 Å². The average molecular weight is 186 g/mol. The van der Waals surface area contributed by atoms with Crippen LogP contribution in [-0.2, 0) is 0 Å². The summed E-state index contributed by atoms with van der Waals surface area (Å²) in [5.41, 5.74) is 0. The third-order valence-corrected chi connectivity index (χ3v) is 2.21. The van der Waals surface area contributed by atoms with Crippen molar-refractivity contribution in [3.05, 3.63) is 0 Å². The largest absolute Gasteiger partial charge is 0.317 e. The van der Waals surface area contributed by atoms with Crippen LogP contribution in [0.25, 0.3) is 0 Å². The Labute approximate surface area is 83.7 Å². The van der Waals surface area contributed by atoms with Crippen molar-refractivity contribution in [3.8, 4) is 0 Å². The van der Waals surface area contributed by atoms with E-state index in [1.807, 2.05) is 0 Å². The second-order valence-electron chi connectivity index (χ2n) is 3.76. The third-order valence-electron chi connectivity index (χ3n) is 2.21. The Kier molecular flexibility index (Phi) is 9.94. The minimum Gasteiger partial charge on any atom is -0.317 e. The van der Waals surface area contributed by atoms with E-state index in [1.165, 1.54) is 51.9 Å². The van der Waals surface area contributed by atoms with Crippen molar-refractivity contribution in [3.63, 3.8) is 0 Å². The van der Waals surface area contributed by atoms with Gasteiger partial charge in [-0.2, -0.15) is 0 Å². The molecule has 0 heterocycles. The van der Waals surface area contributed by atoms with E-state index in [2.05, 4.69) is 31.1 Å². The molecule has 0 radical (unpaired) electrons. The Hall–Kier alpha value is -0.0800. The van der Waals surface area contributed by atoms with Crippen molar-refractivity contribution in [2.45, 2.75) is 39.5 Å². The number of nitrogens with zero attached hydrogens (tertiary/aromatic N) is 1. The zero-order valence-corrected chi connectivity index (χ0v) is 9.60. The zero-order valence-electron chi connectivity index (χ0n) is 9.60. The molecule has 0 amide bonds. The summed E-state index contributed by atoms with van der Waals surface area (Å²) in [6.45, 7) is 9.28. The summed E-state index contributed by atoms with van der Waals surface area (Å²) in [6, 6.07) is 0. The van der Waals surface area contributed by atoms with Gasteiger partial charge in [0.15, 0.2) is 0 Å². The molecule has 1 N–H and O–H groups in total. The SMILES string of the molecule is CCCCN(C)CCCNCCC. The lowest BCUT2D eigenvalue weighted by atomic mass is 10.3. The van der Waals surface area contributed by atoms with E-state index >= 15 is 0 Å². The first-order valence-corrected chi connectivity index (χ1v) is 5.70. The molecule has 0 bridgehead atoms. The van der Waals surface area contributed by atoms with Crippen LogP contribution >= 0.6 is 0 Å². The summed E-state index contributed by atoms with van der Waals surface area (Å²) in [5, 5.41) is 3.42. The predicted octanol–water partition coefficient (Wildman–Crippen LogP) is 2.11. The molecule has 0 aliphatic heterocycles. The lowest BCUT2D eigenvalue weighted by Crippen LogP contribution is -2.25. The van der Waals surface area contributed by atoms with Gasteiger partial charge >= 0.3 is 0 Å². The molecule has 0 saturated heterocycles. The second-order valence-corrected chi connectivity index (χ2v) is 3.76. The van der Waals surface area contributed by atoms with Crippen molar-refractivity contribution in [1.29, 1.82) is 0 Å². The molecule has 2 heteroatoms. The molecule has 0 saturated carbocycles. The molecular weight excluding hydrogens is 160 g/mol. The summed E-state index contributed by atoms with van der Waals surface area (Å²) in [5.74, 6) is 0. The molecular formula is C11H26N2. The van der Waals surface area contributed by atoms with Gasteiger partial charge in [0.25, 0.3) is 0 Å². The monoisotopic (exact) mass is 186 g/mol. The maximum atomic E-state index is 3.42. The Morgan fingerprint density at radius 2 is 1.62 bits per heavy atom. The third kappa shape index (κ3) is 9.84. The number of unbranched alkanes of at least 4 members (excludes halogenated alkanes) is 1. The molecule has 0 unspecified atom stereocenters. The van der Waals surface area contributed by atoms with Crippen LogP contribution in [0.3, 0.4) is 0 Å². The highest BCUT2D eigenvalue weighted by atomic mass is 15.1. The van der Waals surface area contributed by atoms with Crippen molar-refractivity contribution in [2.75, 3.05) is 33.2 Å². The molecule has 0 spiro atoms. The molecule has 0 aliphatic carbocycles. The smallest absolute Gasteiger partial charge is 0.000969 e. The predicted molar refractivity (Wildman–Crippen MR) is 60.2 cm³/mol. The first-order valence-electron chi connectivity index (χ1n) is 5.70. The number of hydrogen-bond donors (Lipinski definition) is 1. The lowest BCUT2D eigenvalue weighted by Gasteiger charge is -2.15. The average Bonchev–Trinajstić information content (AvgIpc) is 2.14. The minimum atomic E-state index is 1.17. The van der Waals surface area contributed by atoms with E-state index in [0.29, 0.717) is 0 Å². The van der Waals surface area contributed by atoms with Crippen molar-refractivity contribution in [1.82, 2.24) is 10.2 Å². The van der Waals surface area contributed by atoms with Gasteiger partial charge in [-0.05, 0) is 52.5 Å². The Morgan fingerprint density at radius 3 is 2.23 bits per heavy atom. The van der Waals surface area contributed by atoms with Crippen LogP contribution < -0.4 is 5.32 Å². The molecule has 0 rings (SSSR count). The highest BCUT2D eigenvalue weighted by molar-refractivity contribution is 4.53. The fraction of sp³-hybridized carbons (Fsp3) is 1.00. The fourth-order valence-corrected chi connectivity index (χ4v) is 1.32. The van der Waals surface area contributed by atoms with Crippen molar-refractivity contribution in [2.24, 2.45) is 0 Å². The summed E-state index contributed by atoms with van der Waals surface area (Å²) in [4.78, 5) is 2.43. The van der Waals surface area contributed by atoms with E-state index < -0.39 is 0 Å². The molecule has 0 aromatic carbocycles. The number of hydrogen-bond acceptors (Lipinski definition) is 2. The van der Waals surface area contributed by atoms with Gasteiger partial charge in [-0.15, -0.1) is 0 Å². The molecule has 0 aliphatic rings.